The van der Waals surface area contributed by atoms with Crippen molar-refractivity contribution in [2.45, 2.75) is 13.1 Å². The Hall–Kier alpha value is -1.02. The second-order valence-electron chi connectivity index (χ2n) is 3.18. The zero-order valence-electron chi connectivity index (χ0n) is 8.33. The first-order valence-corrected chi connectivity index (χ1v) is 6.94. The minimum absolute atomic E-state index is 0.426. The molecule has 0 saturated heterocycles. The molecule has 69 valence electrons. The first kappa shape index (κ1) is 10.1. The average molecular weight is 190 g/mol. The Labute approximate surface area is 82.4 Å². The van der Waals surface area contributed by atoms with Crippen molar-refractivity contribution in [1.82, 2.24) is 0 Å². The molecule has 1 radical (unpaired) electrons. The van der Waals surface area contributed by atoms with Crippen LogP contribution in [0.3, 0.4) is 0 Å². The molecule has 0 bridgehead atoms. The van der Waals surface area contributed by atoms with Crippen LogP contribution in [-0.4, -0.2) is 15.5 Å². The van der Waals surface area contributed by atoms with Crippen LogP contribution in [0.25, 0.3) is 0 Å². The molecule has 0 amide bonds. The van der Waals surface area contributed by atoms with Crippen molar-refractivity contribution in [2.75, 3.05) is 11.1 Å². The molecule has 0 atom stereocenters. The zero-order chi connectivity index (χ0) is 9.68. The molecule has 0 heterocycles. The summed E-state index contributed by atoms with van der Waals surface area (Å²) >= 11 is 0. The third-order valence-corrected chi connectivity index (χ3v) is 3.44. The summed E-state index contributed by atoms with van der Waals surface area (Å²) in [6.07, 6.45) is 1.96. The third-order valence-electron chi connectivity index (χ3n) is 1.92. The largest absolute Gasteiger partial charge is 0.395 e. The van der Waals surface area contributed by atoms with E-state index in [9.17, 15) is 0 Å². The summed E-state index contributed by atoms with van der Waals surface area (Å²) in [5, 5.41) is 0. The number of benzene rings is 1. The van der Waals surface area contributed by atoms with Crippen molar-refractivity contribution in [3.8, 4) is 0 Å². The number of anilines is 1. The molecule has 0 N–H and O–H groups in total. The topological polar surface area (TPSA) is 3.24 Å². The molecule has 0 aliphatic heterocycles. The van der Waals surface area contributed by atoms with Gasteiger partial charge in [-0.3, -0.25) is 0 Å². The van der Waals surface area contributed by atoms with Crippen molar-refractivity contribution in [2.24, 2.45) is 0 Å². The summed E-state index contributed by atoms with van der Waals surface area (Å²) in [5.74, 6) is 0. The van der Waals surface area contributed by atoms with Crippen LogP contribution in [0.2, 0.25) is 13.1 Å². The van der Waals surface area contributed by atoms with Gasteiger partial charge in [0.1, 0.15) is 0 Å². The number of rotatable bonds is 4. The van der Waals surface area contributed by atoms with Gasteiger partial charge in [-0.15, -0.1) is 6.58 Å². The lowest BCUT2D eigenvalue weighted by atomic mass is 10.3. The van der Waals surface area contributed by atoms with Crippen LogP contribution >= 0.6 is 0 Å². The van der Waals surface area contributed by atoms with Gasteiger partial charge in [0.2, 0.25) is 0 Å². The smallest absolute Gasteiger partial charge is 0.163 e. The number of nitrogens with zero attached hydrogens (tertiary/aromatic N) is 1. The summed E-state index contributed by atoms with van der Waals surface area (Å²) in [7, 11) is -0.426. The Morgan fingerprint density at radius 2 is 1.92 bits per heavy atom. The highest BCUT2D eigenvalue weighted by Crippen LogP contribution is 2.14. The van der Waals surface area contributed by atoms with Gasteiger partial charge in [0.05, 0.1) is 0 Å². The summed E-state index contributed by atoms with van der Waals surface area (Å²) in [4.78, 5) is 0. The lowest BCUT2D eigenvalue weighted by Crippen LogP contribution is -2.34. The monoisotopic (exact) mass is 190 g/mol. The van der Waals surface area contributed by atoms with Crippen molar-refractivity contribution < 1.29 is 0 Å². The molecule has 1 nitrogen and oxygen atoms in total. The van der Waals surface area contributed by atoms with Crippen LogP contribution < -0.4 is 4.57 Å². The van der Waals surface area contributed by atoms with Gasteiger partial charge in [-0.05, 0) is 12.1 Å². The van der Waals surface area contributed by atoms with Gasteiger partial charge in [0.15, 0.2) is 8.96 Å². The highest BCUT2D eigenvalue weighted by atomic mass is 28.3. The van der Waals surface area contributed by atoms with Gasteiger partial charge in [0.25, 0.3) is 0 Å². The number of hydrogen-bond donors (Lipinski definition) is 0. The number of hydrogen-bond acceptors (Lipinski definition) is 1. The van der Waals surface area contributed by atoms with Gasteiger partial charge in [-0.25, -0.2) is 0 Å². The zero-order valence-corrected chi connectivity index (χ0v) is 9.33. The van der Waals surface area contributed by atoms with Crippen LogP contribution in [0, 0.1) is 0 Å². The molecule has 0 fully saturated rings. The summed E-state index contributed by atoms with van der Waals surface area (Å²) in [5.41, 5.74) is 1.31. The molecule has 1 aromatic carbocycles. The fourth-order valence-electron chi connectivity index (χ4n) is 1.28. The van der Waals surface area contributed by atoms with Crippen LogP contribution in [0.15, 0.2) is 43.0 Å². The molecule has 1 rings (SSSR count). The van der Waals surface area contributed by atoms with Crippen molar-refractivity contribution in [3.05, 3.63) is 43.0 Å². The molecule has 0 aliphatic carbocycles. The molecule has 2 heteroatoms. The van der Waals surface area contributed by atoms with Gasteiger partial charge in [-0.2, -0.15) is 0 Å². The summed E-state index contributed by atoms with van der Waals surface area (Å²) in [6.45, 7) is 9.32. The van der Waals surface area contributed by atoms with E-state index in [1.165, 1.54) is 5.69 Å². The van der Waals surface area contributed by atoms with Crippen molar-refractivity contribution >= 4 is 14.6 Å². The Bertz CT molecular complexity index is 256. The van der Waals surface area contributed by atoms with E-state index in [2.05, 4.69) is 48.5 Å². The van der Waals surface area contributed by atoms with Crippen molar-refractivity contribution in [1.29, 1.82) is 0 Å². The van der Waals surface area contributed by atoms with Gasteiger partial charge >= 0.3 is 0 Å². The normalized spacial score (nSPS) is 10.1. The second-order valence-corrected chi connectivity index (χ2v) is 5.62. The van der Waals surface area contributed by atoms with E-state index in [4.69, 9.17) is 0 Å². The predicted octanol–water partition coefficient (Wildman–Crippen LogP) is 2.93. The average Bonchev–Trinajstić information content (AvgIpc) is 2.15. The lowest BCUT2D eigenvalue weighted by Gasteiger charge is -2.26. The summed E-state index contributed by atoms with van der Waals surface area (Å²) in [6, 6.07) is 10.5. The minimum Gasteiger partial charge on any atom is -0.395 e. The van der Waals surface area contributed by atoms with E-state index < -0.39 is 8.96 Å². The highest BCUT2D eigenvalue weighted by molar-refractivity contribution is 6.60. The van der Waals surface area contributed by atoms with E-state index in [1.807, 2.05) is 12.1 Å². The highest BCUT2D eigenvalue weighted by Gasteiger charge is 2.08. The van der Waals surface area contributed by atoms with Crippen molar-refractivity contribution in [3.63, 3.8) is 0 Å². The molecular weight excluding hydrogens is 174 g/mol. The Morgan fingerprint density at radius 1 is 1.31 bits per heavy atom. The van der Waals surface area contributed by atoms with E-state index in [1.54, 1.807) is 0 Å². The lowest BCUT2D eigenvalue weighted by molar-refractivity contribution is 1.16. The predicted molar refractivity (Wildman–Crippen MR) is 61.5 cm³/mol. The first-order chi connectivity index (χ1) is 6.25. The van der Waals surface area contributed by atoms with E-state index in [-0.39, 0.29) is 0 Å². The molecule has 0 aromatic heterocycles. The fourth-order valence-corrected chi connectivity index (χ4v) is 2.44. The maximum Gasteiger partial charge on any atom is 0.163 e. The Kier molecular flexibility index (Phi) is 3.77. The first-order valence-electron chi connectivity index (χ1n) is 4.49. The van der Waals surface area contributed by atoms with Gasteiger partial charge < -0.3 is 4.57 Å². The molecule has 0 unspecified atom stereocenters. The molecule has 0 saturated carbocycles. The van der Waals surface area contributed by atoms with E-state index in [0.29, 0.717) is 0 Å². The van der Waals surface area contributed by atoms with Gasteiger partial charge in [0, 0.05) is 12.2 Å². The standard InChI is InChI=1S/C11H16NSi/c1-4-10-12(13(2)3)11-8-6-5-7-9-11/h4-9H,1,10H2,2-3H3. The second kappa shape index (κ2) is 4.87. The maximum absolute atomic E-state index is 3.78. The van der Waals surface area contributed by atoms with E-state index >= 15 is 0 Å². The summed E-state index contributed by atoms with van der Waals surface area (Å²) < 4.78 is 2.41. The minimum atomic E-state index is -0.426. The van der Waals surface area contributed by atoms with E-state index in [0.717, 1.165) is 6.54 Å². The maximum atomic E-state index is 3.78. The van der Waals surface area contributed by atoms with Crippen LogP contribution in [0.4, 0.5) is 5.69 Å². The molecule has 1 aromatic rings. The Balaban J connectivity index is 2.82. The molecule has 0 spiro atoms. The molecule has 0 aliphatic rings. The van der Waals surface area contributed by atoms with Crippen LogP contribution in [0.5, 0.6) is 0 Å². The Morgan fingerprint density at radius 3 is 2.38 bits per heavy atom. The van der Waals surface area contributed by atoms with Crippen LogP contribution in [0.1, 0.15) is 0 Å². The van der Waals surface area contributed by atoms with Gasteiger partial charge in [-0.1, -0.05) is 37.4 Å². The van der Waals surface area contributed by atoms with Crippen LogP contribution in [-0.2, 0) is 0 Å². The number of para-hydroxylation sites is 1. The third kappa shape index (κ3) is 2.74. The SMILES string of the molecule is C=CCN(c1ccccc1)[Si](C)C. The molecular formula is C11H16NSi. The molecule has 13 heavy (non-hydrogen) atoms. The fraction of sp³-hybridized carbons (Fsp3) is 0.273. The quantitative estimate of drug-likeness (QED) is 0.521.